The lowest BCUT2D eigenvalue weighted by atomic mass is 10.1. The minimum Gasteiger partial charge on any atom is -0.391 e. The summed E-state index contributed by atoms with van der Waals surface area (Å²) in [6.07, 6.45) is 1.35. The van der Waals surface area contributed by atoms with Gasteiger partial charge >= 0.3 is 0 Å². The van der Waals surface area contributed by atoms with Crippen molar-refractivity contribution in [3.63, 3.8) is 0 Å². The molecule has 8 heteroatoms. The van der Waals surface area contributed by atoms with Gasteiger partial charge in [0.25, 0.3) is 0 Å². The molecule has 2 heterocycles. The van der Waals surface area contributed by atoms with Crippen LogP contribution >= 0.6 is 0 Å². The second kappa shape index (κ2) is 7.48. The van der Waals surface area contributed by atoms with E-state index in [1.807, 2.05) is 43.6 Å². The minimum absolute atomic E-state index is 0.0315. The second-order valence-corrected chi connectivity index (χ2v) is 9.35. The van der Waals surface area contributed by atoms with Gasteiger partial charge in [-0.05, 0) is 0 Å². The molecule has 0 bridgehead atoms. The Morgan fingerprint density at radius 3 is 2.58 bits per heavy atom. The molecule has 2 atom stereocenters. The maximum atomic E-state index is 12.1. The lowest BCUT2D eigenvalue weighted by molar-refractivity contribution is 0.148. The molecule has 1 fully saturated rings. The molecule has 1 aromatic carbocycles. The van der Waals surface area contributed by atoms with Gasteiger partial charge in [-0.15, -0.1) is 0 Å². The van der Waals surface area contributed by atoms with Crippen molar-refractivity contribution in [1.82, 2.24) is 19.0 Å². The molecule has 0 radical (unpaired) electrons. The molecule has 7 nitrogen and oxygen atoms in total. The van der Waals surface area contributed by atoms with E-state index in [0.717, 1.165) is 16.8 Å². The summed E-state index contributed by atoms with van der Waals surface area (Å²) in [7, 11) is 1.61. The van der Waals surface area contributed by atoms with Crippen molar-refractivity contribution in [3.05, 3.63) is 42.1 Å². The van der Waals surface area contributed by atoms with Crippen LogP contribution in [0.15, 0.2) is 36.5 Å². The van der Waals surface area contributed by atoms with Crippen molar-refractivity contribution >= 4 is 10.0 Å². The smallest absolute Gasteiger partial charge is 0.214 e. The molecule has 26 heavy (non-hydrogen) atoms. The van der Waals surface area contributed by atoms with Crippen LogP contribution in [0.3, 0.4) is 0 Å². The fourth-order valence-corrected chi connectivity index (χ4v) is 4.55. The summed E-state index contributed by atoms with van der Waals surface area (Å²) >= 11 is 0. The average Bonchev–Trinajstić information content (AvgIpc) is 3.10. The van der Waals surface area contributed by atoms with Gasteiger partial charge in [0.05, 0.1) is 17.6 Å². The molecule has 1 aliphatic rings. The van der Waals surface area contributed by atoms with E-state index >= 15 is 0 Å². The quantitative estimate of drug-likeness (QED) is 0.803. The van der Waals surface area contributed by atoms with Gasteiger partial charge in [-0.2, -0.15) is 5.10 Å². The van der Waals surface area contributed by atoms with Gasteiger partial charge in [0, 0.05) is 64.0 Å². The summed E-state index contributed by atoms with van der Waals surface area (Å²) in [5.41, 5.74) is 3.04. The van der Waals surface area contributed by atoms with Crippen LogP contribution < -0.4 is 0 Å². The number of hydrogen-bond donors (Lipinski definition) is 1. The number of aliphatic hydroxyl groups excluding tert-OH is 1. The van der Waals surface area contributed by atoms with E-state index in [1.54, 1.807) is 4.68 Å². The Labute approximate surface area is 154 Å². The van der Waals surface area contributed by atoms with Gasteiger partial charge in [0.1, 0.15) is 0 Å². The highest BCUT2D eigenvalue weighted by atomic mass is 32.2. The SMILES string of the molecule is CN(C)S(=O)(=O)C[C@@H]1CN(Cc2cn(C)nc2-c2ccccc2)C[C@@H]1O. The zero-order valence-corrected chi connectivity index (χ0v) is 16.2. The predicted molar refractivity (Wildman–Crippen MR) is 101 cm³/mol. The molecule has 2 aromatic rings. The first kappa shape index (κ1) is 19.0. The molecule has 0 amide bonds. The van der Waals surface area contributed by atoms with Crippen molar-refractivity contribution in [1.29, 1.82) is 0 Å². The van der Waals surface area contributed by atoms with E-state index in [-0.39, 0.29) is 11.7 Å². The third-order valence-corrected chi connectivity index (χ3v) is 6.77. The lowest BCUT2D eigenvalue weighted by Gasteiger charge is -2.18. The van der Waals surface area contributed by atoms with Crippen LogP contribution in [0.1, 0.15) is 5.56 Å². The molecule has 0 aliphatic carbocycles. The number of benzene rings is 1. The van der Waals surface area contributed by atoms with Crippen LogP contribution in [0.25, 0.3) is 11.3 Å². The number of hydrogen-bond acceptors (Lipinski definition) is 5. The summed E-state index contributed by atoms with van der Waals surface area (Å²) in [6, 6.07) is 9.98. The third-order valence-electron chi connectivity index (χ3n) is 4.81. The van der Waals surface area contributed by atoms with E-state index in [0.29, 0.717) is 19.6 Å². The van der Waals surface area contributed by atoms with Crippen molar-refractivity contribution < 1.29 is 13.5 Å². The Morgan fingerprint density at radius 2 is 1.92 bits per heavy atom. The molecule has 0 saturated carbocycles. The van der Waals surface area contributed by atoms with Gasteiger partial charge < -0.3 is 5.11 Å². The maximum Gasteiger partial charge on any atom is 0.214 e. The third kappa shape index (κ3) is 4.15. The summed E-state index contributed by atoms with van der Waals surface area (Å²) in [6.45, 7) is 1.65. The van der Waals surface area contributed by atoms with E-state index in [2.05, 4.69) is 10.00 Å². The predicted octanol–water partition coefficient (Wildman–Crippen LogP) is 0.771. The molecule has 0 spiro atoms. The van der Waals surface area contributed by atoms with Crippen LogP contribution in [0.2, 0.25) is 0 Å². The van der Waals surface area contributed by atoms with Gasteiger partial charge in [0.15, 0.2) is 0 Å². The van der Waals surface area contributed by atoms with E-state index in [4.69, 9.17) is 0 Å². The summed E-state index contributed by atoms with van der Waals surface area (Å²) in [4.78, 5) is 2.10. The minimum atomic E-state index is -3.33. The van der Waals surface area contributed by atoms with Crippen LogP contribution in [0, 0.1) is 5.92 Å². The number of aromatic nitrogens is 2. The fourth-order valence-electron chi connectivity index (χ4n) is 3.39. The molecule has 1 saturated heterocycles. The highest BCUT2D eigenvalue weighted by Crippen LogP contribution is 2.26. The van der Waals surface area contributed by atoms with Crippen LogP contribution in [-0.4, -0.2) is 71.6 Å². The van der Waals surface area contributed by atoms with E-state index < -0.39 is 16.1 Å². The molecular weight excluding hydrogens is 352 g/mol. The Hall–Kier alpha value is -1.74. The molecule has 1 aromatic heterocycles. The first-order chi connectivity index (χ1) is 12.3. The average molecular weight is 378 g/mol. The number of aryl methyl sites for hydroxylation is 1. The zero-order chi connectivity index (χ0) is 18.9. The fraction of sp³-hybridized carbons (Fsp3) is 0.500. The molecule has 142 valence electrons. The highest BCUT2D eigenvalue weighted by molar-refractivity contribution is 7.89. The molecule has 3 rings (SSSR count). The van der Waals surface area contributed by atoms with E-state index in [1.165, 1.54) is 18.4 Å². The molecule has 0 unspecified atom stereocenters. The van der Waals surface area contributed by atoms with Crippen LogP contribution in [0.4, 0.5) is 0 Å². The van der Waals surface area contributed by atoms with Crippen molar-refractivity contribution in [2.75, 3.05) is 32.9 Å². The first-order valence-corrected chi connectivity index (χ1v) is 10.3. The second-order valence-electron chi connectivity index (χ2n) is 7.13. The number of sulfonamides is 1. The summed E-state index contributed by atoms with van der Waals surface area (Å²) in [5.74, 6) is -0.310. The molecule has 1 N–H and O–H groups in total. The largest absolute Gasteiger partial charge is 0.391 e. The molecule has 1 aliphatic heterocycles. The van der Waals surface area contributed by atoms with Crippen molar-refractivity contribution in [2.45, 2.75) is 12.6 Å². The van der Waals surface area contributed by atoms with Gasteiger partial charge in [-0.25, -0.2) is 12.7 Å². The summed E-state index contributed by atoms with van der Waals surface area (Å²) < 4.78 is 27.3. The van der Waals surface area contributed by atoms with Crippen molar-refractivity contribution in [3.8, 4) is 11.3 Å². The van der Waals surface area contributed by atoms with Gasteiger partial charge in [0.2, 0.25) is 10.0 Å². The Bertz CT molecular complexity index is 849. The van der Waals surface area contributed by atoms with Crippen LogP contribution in [-0.2, 0) is 23.6 Å². The Kier molecular flexibility index (Phi) is 5.47. The lowest BCUT2D eigenvalue weighted by Crippen LogP contribution is -2.33. The normalized spacial score (nSPS) is 21.6. The monoisotopic (exact) mass is 378 g/mol. The molecular formula is C18H26N4O3S. The zero-order valence-electron chi connectivity index (χ0n) is 15.4. The van der Waals surface area contributed by atoms with Gasteiger partial charge in [-0.3, -0.25) is 9.58 Å². The van der Waals surface area contributed by atoms with E-state index in [9.17, 15) is 13.5 Å². The Balaban J connectivity index is 1.73. The summed E-state index contributed by atoms with van der Waals surface area (Å²) in [5, 5.41) is 14.9. The number of aliphatic hydroxyl groups is 1. The number of β-amino-alcohol motifs (C(OH)–C–C–N with tert-alkyl or cyclic N) is 1. The number of rotatable bonds is 6. The topological polar surface area (TPSA) is 78.7 Å². The van der Waals surface area contributed by atoms with Crippen LogP contribution in [0.5, 0.6) is 0 Å². The standard InChI is InChI=1S/C18H26N4O3S/c1-20(2)26(24,25)13-16-11-22(12-17(16)23)10-15-9-21(3)19-18(15)14-7-5-4-6-8-14/h4-9,16-17,23H,10-13H2,1-3H3/t16-,17-/m0/s1. The first-order valence-electron chi connectivity index (χ1n) is 8.65. The highest BCUT2D eigenvalue weighted by Gasteiger charge is 2.35. The number of likely N-dealkylation sites (tertiary alicyclic amines) is 1. The Morgan fingerprint density at radius 1 is 1.23 bits per heavy atom. The van der Waals surface area contributed by atoms with Crippen molar-refractivity contribution in [2.24, 2.45) is 13.0 Å². The van der Waals surface area contributed by atoms with Gasteiger partial charge in [-0.1, -0.05) is 30.3 Å². The number of nitrogens with zero attached hydrogens (tertiary/aromatic N) is 4. The maximum absolute atomic E-state index is 12.1.